The molecule has 0 atom stereocenters. The second-order valence-electron chi connectivity index (χ2n) is 3.03. The van der Waals surface area contributed by atoms with Gasteiger partial charge in [-0.1, -0.05) is 23.7 Å². The van der Waals surface area contributed by atoms with Crippen molar-refractivity contribution in [3.05, 3.63) is 41.0 Å². The summed E-state index contributed by atoms with van der Waals surface area (Å²) in [7, 11) is 1.34. The van der Waals surface area contributed by atoms with Crippen molar-refractivity contribution in [1.29, 1.82) is 0 Å². The first-order valence-electron chi connectivity index (χ1n) is 4.35. The fourth-order valence-electron chi connectivity index (χ4n) is 1.35. The van der Waals surface area contributed by atoms with Crippen LogP contribution in [0.5, 0.6) is 0 Å². The van der Waals surface area contributed by atoms with Gasteiger partial charge in [0.25, 0.3) is 0 Å². The van der Waals surface area contributed by atoms with Crippen molar-refractivity contribution in [3.63, 3.8) is 0 Å². The summed E-state index contributed by atoms with van der Waals surface area (Å²) in [4.78, 5) is 15.4. The Kier molecular flexibility index (Phi) is 2.56. The number of hydrogen-bond acceptors (Lipinski definition) is 3. The van der Waals surface area contributed by atoms with Crippen molar-refractivity contribution >= 4 is 28.5 Å². The van der Waals surface area contributed by atoms with Crippen LogP contribution in [0, 0.1) is 0 Å². The molecule has 1 aromatic carbocycles. The van der Waals surface area contributed by atoms with Crippen LogP contribution in [0.15, 0.2) is 30.5 Å². The molecular formula is C11H8ClNO2. The molecule has 0 radical (unpaired) electrons. The number of benzene rings is 1. The van der Waals surface area contributed by atoms with Crippen molar-refractivity contribution in [3.8, 4) is 0 Å². The lowest BCUT2D eigenvalue weighted by atomic mass is 10.1. The van der Waals surface area contributed by atoms with Crippen LogP contribution in [0.2, 0.25) is 5.02 Å². The number of para-hydroxylation sites is 1. The zero-order valence-electron chi connectivity index (χ0n) is 8.03. The van der Waals surface area contributed by atoms with Crippen molar-refractivity contribution in [1.82, 2.24) is 4.98 Å². The Morgan fingerprint density at radius 3 is 3.00 bits per heavy atom. The zero-order chi connectivity index (χ0) is 10.8. The molecule has 0 N–H and O–H groups in total. The van der Waals surface area contributed by atoms with E-state index in [1.54, 1.807) is 12.1 Å². The number of methoxy groups -OCH3 is 1. The van der Waals surface area contributed by atoms with Crippen LogP contribution in [0.4, 0.5) is 0 Å². The van der Waals surface area contributed by atoms with Crippen LogP contribution >= 0.6 is 11.6 Å². The van der Waals surface area contributed by atoms with Crippen molar-refractivity contribution in [2.24, 2.45) is 0 Å². The molecular weight excluding hydrogens is 214 g/mol. The summed E-state index contributed by atoms with van der Waals surface area (Å²) < 4.78 is 4.60. The zero-order valence-corrected chi connectivity index (χ0v) is 8.78. The van der Waals surface area contributed by atoms with Gasteiger partial charge in [0.2, 0.25) is 0 Å². The first kappa shape index (κ1) is 9.93. The van der Waals surface area contributed by atoms with Gasteiger partial charge in [-0.05, 0) is 12.1 Å². The van der Waals surface area contributed by atoms with Crippen molar-refractivity contribution in [2.75, 3.05) is 7.11 Å². The molecule has 0 saturated heterocycles. The normalized spacial score (nSPS) is 10.3. The van der Waals surface area contributed by atoms with Crippen molar-refractivity contribution in [2.45, 2.75) is 0 Å². The van der Waals surface area contributed by atoms with E-state index in [0.717, 1.165) is 5.39 Å². The molecule has 2 aromatic rings. The van der Waals surface area contributed by atoms with Gasteiger partial charge in [-0.2, -0.15) is 0 Å². The maximum Gasteiger partial charge on any atom is 0.339 e. The molecule has 0 amide bonds. The molecule has 0 fully saturated rings. The summed E-state index contributed by atoms with van der Waals surface area (Å²) in [5.74, 6) is -0.399. The van der Waals surface area contributed by atoms with Gasteiger partial charge >= 0.3 is 5.97 Å². The lowest BCUT2D eigenvalue weighted by molar-refractivity contribution is 0.0600. The average molecular weight is 222 g/mol. The third-order valence-corrected chi connectivity index (χ3v) is 2.39. The third kappa shape index (κ3) is 1.78. The molecule has 0 bridgehead atoms. The van der Waals surface area contributed by atoms with Gasteiger partial charge in [-0.3, -0.25) is 4.98 Å². The van der Waals surface area contributed by atoms with E-state index in [9.17, 15) is 4.79 Å². The largest absolute Gasteiger partial charge is 0.465 e. The van der Waals surface area contributed by atoms with Gasteiger partial charge in [0, 0.05) is 11.6 Å². The SMILES string of the molecule is COC(=O)c1cnc2c(Cl)cccc2c1. The Morgan fingerprint density at radius 1 is 1.47 bits per heavy atom. The summed E-state index contributed by atoms with van der Waals surface area (Å²) in [6.07, 6.45) is 1.46. The van der Waals surface area contributed by atoms with Gasteiger partial charge in [-0.25, -0.2) is 4.79 Å². The molecule has 0 aliphatic carbocycles. The molecule has 0 saturated carbocycles. The van der Waals surface area contributed by atoms with E-state index in [-0.39, 0.29) is 0 Å². The molecule has 0 aliphatic heterocycles. The number of nitrogens with zero attached hydrogens (tertiary/aromatic N) is 1. The van der Waals surface area contributed by atoms with Crippen LogP contribution in [-0.4, -0.2) is 18.1 Å². The molecule has 15 heavy (non-hydrogen) atoms. The average Bonchev–Trinajstić information content (AvgIpc) is 2.28. The predicted octanol–water partition coefficient (Wildman–Crippen LogP) is 2.67. The number of esters is 1. The number of fused-ring (bicyclic) bond motifs is 1. The Hall–Kier alpha value is -1.61. The first-order chi connectivity index (χ1) is 7.22. The molecule has 0 unspecified atom stereocenters. The third-order valence-electron chi connectivity index (χ3n) is 2.08. The molecule has 2 rings (SSSR count). The van der Waals surface area contributed by atoms with Gasteiger partial charge < -0.3 is 4.74 Å². The number of ether oxygens (including phenoxy) is 1. The fraction of sp³-hybridized carbons (Fsp3) is 0.0909. The Bertz CT molecular complexity index is 525. The highest BCUT2D eigenvalue weighted by atomic mass is 35.5. The number of carbonyl (C=O) groups excluding carboxylic acids is 1. The highest BCUT2D eigenvalue weighted by Gasteiger charge is 2.07. The minimum absolute atomic E-state index is 0.399. The number of rotatable bonds is 1. The minimum atomic E-state index is -0.399. The summed E-state index contributed by atoms with van der Waals surface area (Å²) in [6.45, 7) is 0. The lowest BCUT2D eigenvalue weighted by Gasteiger charge is -2.02. The number of halogens is 1. The van der Waals surface area contributed by atoms with Crippen LogP contribution in [0.1, 0.15) is 10.4 Å². The summed E-state index contributed by atoms with van der Waals surface area (Å²) >= 11 is 5.94. The smallest absolute Gasteiger partial charge is 0.339 e. The number of aromatic nitrogens is 1. The topological polar surface area (TPSA) is 39.2 Å². The van der Waals surface area contributed by atoms with Crippen LogP contribution in [-0.2, 0) is 4.74 Å². The van der Waals surface area contributed by atoms with Gasteiger partial charge in [0.15, 0.2) is 0 Å². The highest BCUT2D eigenvalue weighted by Crippen LogP contribution is 2.21. The van der Waals surface area contributed by atoms with E-state index in [2.05, 4.69) is 9.72 Å². The molecule has 1 aromatic heterocycles. The number of hydrogen-bond donors (Lipinski definition) is 0. The summed E-state index contributed by atoms with van der Waals surface area (Å²) in [6, 6.07) is 7.13. The minimum Gasteiger partial charge on any atom is -0.465 e. The molecule has 76 valence electrons. The van der Waals surface area contributed by atoms with E-state index in [1.165, 1.54) is 13.3 Å². The van der Waals surface area contributed by atoms with Crippen LogP contribution in [0.25, 0.3) is 10.9 Å². The first-order valence-corrected chi connectivity index (χ1v) is 4.73. The molecule has 3 nitrogen and oxygen atoms in total. The Balaban J connectivity index is 2.62. The number of pyridine rings is 1. The van der Waals surface area contributed by atoms with E-state index in [1.807, 2.05) is 12.1 Å². The monoisotopic (exact) mass is 221 g/mol. The maximum atomic E-state index is 11.2. The molecule has 0 spiro atoms. The quantitative estimate of drug-likeness (QED) is 0.695. The van der Waals surface area contributed by atoms with E-state index in [0.29, 0.717) is 16.1 Å². The second kappa shape index (κ2) is 3.87. The summed E-state index contributed by atoms with van der Waals surface area (Å²) in [5, 5.41) is 1.40. The van der Waals surface area contributed by atoms with Crippen molar-refractivity contribution < 1.29 is 9.53 Å². The summed E-state index contributed by atoms with van der Waals surface area (Å²) in [5.41, 5.74) is 1.11. The van der Waals surface area contributed by atoms with Gasteiger partial charge in [0.05, 0.1) is 23.2 Å². The Labute approximate surface area is 91.6 Å². The highest BCUT2D eigenvalue weighted by molar-refractivity contribution is 6.35. The van der Waals surface area contributed by atoms with Crippen LogP contribution in [0.3, 0.4) is 0 Å². The van der Waals surface area contributed by atoms with E-state index < -0.39 is 5.97 Å². The second-order valence-corrected chi connectivity index (χ2v) is 3.43. The van der Waals surface area contributed by atoms with Gasteiger partial charge in [-0.15, -0.1) is 0 Å². The van der Waals surface area contributed by atoms with Gasteiger partial charge in [0.1, 0.15) is 0 Å². The maximum absolute atomic E-state index is 11.2. The van der Waals surface area contributed by atoms with E-state index >= 15 is 0 Å². The van der Waals surface area contributed by atoms with E-state index in [4.69, 9.17) is 11.6 Å². The predicted molar refractivity (Wildman–Crippen MR) is 58.1 cm³/mol. The molecule has 4 heteroatoms. The standard InChI is InChI=1S/C11H8ClNO2/c1-15-11(14)8-5-7-3-2-4-9(12)10(7)13-6-8/h2-6H,1H3. The molecule has 1 heterocycles. The lowest BCUT2D eigenvalue weighted by Crippen LogP contribution is -2.01. The fourth-order valence-corrected chi connectivity index (χ4v) is 1.58. The molecule has 0 aliphatic rings. The number of carbonyl (C=O) groups is 1. The Morgan fingerprint density at radius 2 is 2.27 bits per heavy atom. The van der Waals surface area contributed by atoms with Crippen LogP contribution < -0.4 is 0 Å².